The number of fused-ring (bicyclic) bond motifs is 1. The number of nitrogens with one attached hydrogen (secondary N) is 1. The highest BCUT2D eigenvalue weighted by Gasteiger charge is 2.42. The fraction of sp³-hybridized carbons (Fsp3) is 0.480. The van der Waals surface area contributed by atoms with Gasteiger partial charge in [-0.2, -0.15) is 0 Å². The van der Waals surface area contributed by atoms with Crippen LogP contribution in [0.2, 0.25) is 5.02 Å². The van der Waals surface area contributed by atoms with Gasteiger partial charge in [0.05, 0.1) is 29.8 Å². The smallest absolute Gasteiger partial charge is 0.254 e. The van der Waals surface area contributed by atoms with Gasteiger partial charge < -0.3 is 19.9 Å². The van der Waals surface area contributed by atoms with E-state index in [0.29, 0.717) is 35.9 Å². The number of thioether (sulfide) groups is 1. The second-order valence-electron chi connectivity index (χ2n) is 8.51. The van der Waals surface area contributed by atoms with Crippen LogP contribution in [0.4, 0.5) is 0 Å². The average Bonchev–Trinajstić information content (AvgIpc) is 3.48. The Hall–Kier alpha value is -2.29. The molecule has 9 heteroatoms. The summed E-state index contributed by atoms with van der Waals surface area (Å²) in [4.78, 5) is 35.0. The van der Waals surface area contributed by atoms with Gasteiger partial charge in [-0.3, -0.25) is 9.59 Å². The van der Waals surface area contributed by atoms with Gasteiger partial charge in [-0.25, -0.2) is 4.99 Å². The Kier molecular flexibility index (Phi) is 8.01. The zero-order valence-electron chi connectivity index (χ0n) is 19.8. The van der Waals surface area contributed by atoms with Crippen molar-refractivity contribution in [3.63, 3.8) is 0 Å². The normalized spacial score (nSPS) is 21.8. The van der Waals surface area contributed by atoms with Crippen molar-refractivity contribution >= 4 is 40.3 Å². The van der Waals surface area contributed by atoms with E-state index in [1.165, 1.54) is 11.8 Å². The van der Waals surface area contributed by atoms with Gasteiger partial charge in [-0.1, -0.05) is 41.6 Å². The molecule has 1 saturated heterocycles. The molecule has 2 amide bonds. The quantitative estimate of drug-likeness (QED) is 0.567. The number of aliphatic imine (C=N–C) groups is 1. The Morgan fingerprint density at radius 3 is 2.74 bits per heavy atom. The van der Waals surface area contributed by atoms with Crippen LogP contribution in [0.25, 0.3) is 0 Å². The van der Waals surface area contributed by atoms with Crippen molar-refractivity contribution in [3.8, 4) is 0 Å². The molecule has 182 valence electrons. The van der Waals surface area contributed by atoms with Crippen LogP contribution in [0.5, 0.6) is 0 Å². The lowest BCUT2D eigenvalue weighted by Crippen LogP contribution is -2.42. The van der Waals surface area contributed by atoms with E-state index in [0.717, 1.165) is 35.9 Å². The van der Waals surface area contributed by atoms with Crippen molar-refractivity contribution in [2.24, 2.45) is 4.99 Å². The summed E-state index contributed by atoms with van der Waals surface area (Å²) in [5.74, 6) is -0.140. The van der Waals surface area contributed by atoms with Crippen molar-refractivity contribution in [2.75, 3.05) is 26.2 Å². The van der Waals surface area contributed by atoms with Gasteiger partial charge in [0, 0.05) is 37.0 Å². The molecule has 0 aromatic heterocycles. The molecule has 0 aliphatic carbocycles. The van der Waals surface area contributed by atoms with Gasteiger partial charge in [-0.15, -0.1) is 0 Å². The molecule has 0 unspecified atom stereocenters. The molecule has 0 bridgehead atoms. The standard InChI is InChI=1S/C25H31ClN4O3S/c1-4-29(5-2)24(32)22-16(3)28-25-30(23(22)19-10-6-7-11-20(19)26)17(15-34-25)13-21(31)27-14-18-9-8-12-33-18/h6-7,10-11,15,18,23H,4-5,8-9,12-14H2,1-3H3,(H,27,31)/t18-,23+/m0/s1. The molecule has 0 saturated carbocycles. The van der Waals surface area contributed by atoms with Crippen LogP contribution < -0.4 is 5.32 Å². The number of hydrogen-bond donors (Lipinski definition) is 1. The third-order valence-electron chi connectivity index (χ3n) is 6.37. The highest BCUT2D eigenvalue weighted by molar-refractivity contribution is 8.16. The number of allylic oxidation sites excluding steroid dienone is 1. The average molecular weight is 503 g/mol. The fourth-order valence-corrected chi connectivity index (χ4v) is 5.78. The lowest BCUT2D eigenvalue weighted by atomic mass is 9.92. The summed E-state index contributed by atoms with van der Waals surface area (Å²) in [6.07, 6.45) is 2.27. The third kappa shape index (κ3) is 5.04. The Bertz CT molecular complexity index is 1040. The maximum absolute atomic E-state index is 13.6. The van der Waals surface area contributed by atoms with Crippen LogP contribution in [0.1, 0.15) is 51.6 Å². The van der Waals surface area contributed by atoms with Crippen LogP contribution >= 0.6 is 23.4 Å². The largest absolute Gasteiger partial charge is 0.376 e. The predicted octanol–water partition coefficient (Wildman–Crippen LogP) is 4.47. The molecule has 1 aromatic rings. The molecule has 1 N–H and O–H groups in total. The predicted molar refractivity (Wildman–Crippen MR) is 136 cm³/mol. The van der Waals surface area contributed by atoms with Gasteiger partial charge in [0.1, 0.15) is 0 Å². The van der Waals surface area contributed by atoms with E-state index >= 15 is 0 Å². The van der Waals surface area contributed by atoms with Gasteiger partial charge in [-0.05, 0) is 50.7 Å². The molecule has 2 atom stereocenters. The Morgan fingerprint density at radius 2 is 2.06 bits per heavy atom. The fourth-order valence-electron chi connectivity index (χ4n) is 4.58. The summed E-state index contributed by atoms with van der Waals surface area (Å²) < 4.78 is 5.62. The number of rotatable bonds is 8. The number of halogens is 1. The van der Waals surface area contributed by atoms with Gasteiger partial charge in [0.25, 0.3) is 5.91 Å². The highest BCUT2D eigenvalue weighted by atomic mass is 35.5. The van der Waals surface area contributed by atoms with E-state index in [1.807, 2.05) is 55.3 Å². The lowest BCUT2D eigenvalue weighted by molar-refractivity contribution is -0.127. The summed E-state index contributed by atoms with van der Waals surface area (Å²) in [7, 11) is 0. The van der Waals surface area contributed by atoms with Crippen LogP contribution in [0.15, 0.2) is 51.6 Å². The molecule has 1 aromatic carbocycles. The van der Waals surface area contributed by atoms with E-state index in [4.69, 9.17) is 21.3 Å². The van der Waals surface area contributed by atoms with Crippen molar-refractivity contribution in [1.29, 1.82) is 0 Å². The molecule has 3 aliphatic rings. The molecule has 4 rings (SSSR count). The van der Waals surface area contributed by atoms with Crippen molar-refractivity contribution in [1.82, 2.24) is 15.1 Å². The minimum absolute atomic E-state index is 0.0608. The molecule has 3 heterocycles. The summed E-state index contributed by atoms with van der Waals surface area (Å²) in [6.45, 7) is 8.27. The van der Waals surface area contributed by atoms with Gasteiger partial charge in [0.2, 0.25) is 5.91 Å². The zero-order valence-corrected chi connectivity index (χ0v) is 21.4. The van der Waals surface area contributed by atoms with E-state index in [2.05, 4.69) is 5.32 Å². The molecule has 1 fully saturated rings. The van der Waals surface area contributed by atoms with Crippen LogP contribution in [0.3, 0.4) is 0 Å². The summed E-state index contributed by atoms with van der Waals surface area (Å²) in [5, 5.41) is 6.27. The maximum Gasteiger partial charge on any atom is 0.254 e. The number of benzene rings is 1. The first-order valence-corrected chi connectivity index (χ1v) is 13.1. The number of amidine groups is 1. The van der Waals surface area contributed by atoms with Crippen LogP contribution in [-0.4, -0.2) is 59.1 Å². The molecule has 0 spiro atoms. The number of amides is 2. The van der Waals surface area contributed by atoms with Crippen molar-refractivity contribution in [2.45, 2.75) is 52.2 Å². The number of carbonyl (C=O) groups is 2. The molecule has 7 nitrogen and oxygen atoms in total. The molecular formula is C25H31ClN4O3S. The van der Waals surface area contributed by atoms with E-state index in [9.17, 15) is 9.59 Å². The Balaban J connectivity index is 1.65. The number of ether oxygens (including phenoxy) is 1. The van der Waals surface area contributed by atoms with Crippen molar-refractivity contribution < 1.29 is 14.3 Å². The minimum atomic E-state index is -0.457. The van der Waals surface area contributed by atoms with Crippen LogP contribution in [0, 0.1) is 0 Å². The topological polar surface area (TPSA) is 74.2 Å². The third-order valence-corrected chi connectivity index (χ3v) is 7.61. The van der Waals surface area contributed by atoms with Crippen molar-refractivity contribution in [3.05, 3.63) is 57.2 Å². The number of carbonyl (C=O) groups excluding carboxylic acids is 2. The van der Waals surface area contributed by atoms with Gasteiger partial charge >= 0.3 is 0 Å². The first-order chi connectivity index (χ1) is 16.4. The monoisotopic (exact) mass is 502 g/mol. The van der Waals surface area contributed by atoms with Gasteiger partial charge in [0.15, 0.2) is 5.17 Å². The lowest BCUT2D eigenvalue weighted by Gasteiger charge is -2.38. The second-order valence-corrected chi connectivity index (χ2v) is 9.75. The molecule has 3 aliphatic heterocycles. The van der Waals surface area contributed by atoms with E-state index in [-0.39, 0.29) is 24.3 Å². The molecule has 0 radical (unpaired) electrons. The summed E-state index contributed by atoms with van der Waals surface area (Å²) >= 11 is 8.12. The second kappa shape index (κ2) is 11.0. The number of nitrogens with zero attached hydrogens (tertiary/aromatic N) is 3. The SMILES string of the molecule is CCN(CC)C(=O)C1=C(C)N=C2SC=C(CC(=O)NC[C@@H]3CCCO3)N2[C@@H]1c1ccccc1Cl. The number of hydrogen-bond acceptors (Lipinski definition) is 6. The first-order valence-electron chi connectivity index (χ1n) is 11.8. The highest BCUT2D eigenvalue weighted by Crippen LogP contribution is 2.46. The maximum atomic E-state index is 13.6. The molecule has 34 heavy (non-hydrogen) atoms. The first kappa shape index (κ1) is 24.8. The summed E-state index contributed by atoms with van der Waals surface area (Å²) in [6, 6.07) is 7.11. The Morgan fingerprint density at radius 1 is 1.29 bits per heavy atom. The van der Waals surface area contributed by atoms with E-state index in [1.54, 1.807) is 4.90 Å². The van der Waals surface area contributed by atoms with Crippen LogP contribution in [-0.2, 0) is 14.3 Å². The van der Waals surface area contributed by atoms with E-state index < -0.39 is 6.04 Å². The molecular weight excluding hydrogens is 472 g/mol. The minimum Gasteiger partial charge on any atom is -0.376 e. The Labute approximate surface area is 210 Å². The zero-order chi connectivity index (χ0) is 24.2. The summed E-state index contributed by atoms with van der Waals surface area (Å²) in [5.41, 5.74) is 2.89. The number of likely N-dealkylation sites (N-methyl/N-ethyl adjacent to an activating group) is 1.